The molecule has 0 radical (unpaired) electrons. The van der Waals surface area contributed by atoms with Crippen molar-refractivity contribution >= 4 is 18.0 Å². The third-order valence-corrected chi connectivity index (χ3v) is 6.92. The lowest BCUT2D eigenvalue weighted by atomic mass is 9.85. The number of fused-ring (bicyclic) bond motifs is 3. The number of aliphatic carboxylic acids is 1. The fourth-order valence-corrected chi connectivity index (χ4v) is 4.84. The quantitative estimate of drug-likeness (QED) is 0.533. The van der Waals surface area contributed by atoms with Gasteiger partial charge in [-0.1, -0.05) is 62.4 Å². The second-order valence-corrected chi connectivity index (χ2v) is 9.95. The summed E-state index contributed by atoms with van der Waals surface area (Å²) in [6.07, 6.45) is -0.302. The van der Waals surface area contributed by atoms with Crippen LogP contribution in [-0.4, -0.2) is 55.0 Å². The number of carbonyl (C=O) groups is 3. The fraction of sp³-hybridized carbons (Fsp3) is 0.444. The van der Waals surface area contributed by atoms with Crippen molar-refractivity contribution in [2.75, 3.05) is 19.8 Å². The van der Waals surface area contributed by atoms with Crippen LogP contribution in [-0.2, 0) is 19.1 Å². The number of amides is 2. The predicted molar refractivity (Wildman–Crippen MR) is 130 cm³/mol. The summed E-state index contributed by atoms with van der Waals surface area (Å²) in [5.41, 5.74) is 3.25. The maximum Gasteiger partial charge on any atom is 0.407 e. The van der Waals surface area contributed by atoms with Crippen molar-refractivity contribution in [1.29, 1.82) is 0 Å². The van der Waals surface area contributed by atoms with Crippen molar-refractivity contribution in [3.8, 4) is 11.1 Å². The molecular weight excluding hydrogens is 448 g/mol. The van der Waals surface area contributed by atoms with E-state index < -0.39 is 35.5 Å². The van der Waals surface area contributed by atoms with Gasteiger partial charge >= 0.3 is 12.1 Å². The molecule has 3 atom stereocenters. The number of carboxylic acid groups (broad SMARTS) is 1. The zero-order valence-corrected chi connectivity index (χ0v) is 20.2. The molecule has 2 unspecified atom stereocenters. The Morgan fingerprint density at radius 3 is 2.26 bits per heavy atom. The number of alkyl carbamates (subject to hydrolysis) is 1. The van der Waals surface area contributed by atoms with Gasteiger partial charge in [0.1, 0.15) is 18.1 Å². The number of carbonyl (C=O) groups excluding carboxylic acids is 2. The fourth-order valence-electron chi connectivity index (χ4n) is 4.84. The van der Waals surface area contributed by atoms with Crippen molar-refractivity contribution in [3.63, 3.8) is 0 Å². The van der Waals surface area contributed by atoms with E-state index in [1.54, 1.807) is 6.92 Å². The normalized spacial score (nSPS) is 21.8. The second-order valence-electron chi connectivity index (χ2n) is 9.95. The van der Waals surface area contributed by atoms with Crippen molar-refractivity contribution < 1.29 is 29.0 Å². The van der Waals surface area contributed by atoms with Crippen LogP contribution in [0.5, 0.6) is 0 Å². The molecule has 4 rings (SSSR count). The molecule has 35 heavy (non-hydrogen) atoms. The van der Waals surface area contributed by atoms with Crippen molar-refractivity contribution in [1.82, 2.24) is 10.6 Å². The number of benzene rings is 2. The molecule has 0 saturated carbocycles. The first-order valence-corrected chi connectivity index (χ1v) is 11.9. The lowest BCUT2D eigenvalue weighted by Crippen LogP contribution is -2.55. The molecule has 1 aliphatic carbocycles. The Balaban J connectivity index is 1.41. The summed E-state index contributed by atoms with van der Waals surface area (Å²) in [7, 11) is 0. The molecule has 0 bridgehead atoms. The molecule has 2 aliphatic rings. The Hall–Kier alpha value is -3.39. The van der Waals surface area contributed by atoms with E-state index in [9.17, 15) is 19.5 Å². The molecule has 3 N–H and O–H groups in total. The van der Waals surface area contributed by atoms with Crippen LogP contribution in [0.15, 0.2) is 48.5 Å². The molecule has 1 heterocycles. The van der Waals surface area contributed by atoms with Gasteiger partial charge in [0, 0.05) is 5.92 Å². The van der Waals surface area contributed by atoms with E-state index in [0.717, 1.165) is 22.3 Å². The summed E-state index contributed by atoms with van der Waals surface area (Å²) < 4.78 is 10.9. The minimum absolute atomic E-state index is 0.0158. The molecule has 8 heteroatoms. The Morgan fingerprint density at radius 2 is 1.69 bits per heavy atom. The smallest absolute Gasteiger partial charge is 0.407 e. The van der Waals surface area contributed by atoms with Crippen LogP contribution in [0.25, 0.3) is 11.1 Å². The largest absolute Gasteiger partial charge is 0.481 e. The minimum atomic E-state index is -1.22. The molecule has 2 amide bonds. The number of carboxylic acids is 1. The van der Waals surface area contributed by atoms with Crippen molar-refractivity contribution in [2.24, 2.45) is 11.3 Å². The van der Waals surface area contributed by atoms with Crippen LogP contribution in [0.1, 0.15) is 44.2 Å². The van der Waals surface area contributed by atoms with Crippen LogP contribution in [0.2, 0.25) is 0 Å². The number of nitrogens with one attached hydrogen (secondary N) is 2. The van der Waals surface area contributed by atoms with Crippen LogP contribution in [0.3, 0.4) is 0 Å². The third-order valence-electron chi connectivity index (χ3n) is 6.92. The Kier molecular flexibility index (Phi) is 7.12. The minimum Gasteiger partial charge on any atom is -0.481 e. The van der Waals surface area contributed by atoms with E-state index in [-0.39, 0.29) is 31.7 Å². The summed E-state index contributed by atoms with van der Waals surface area (Å²) in [5, 5.41) is 15.0. The summed E-state index contributed by atoms with van der Waals surface area (Å²) in [4.78, 5) is 37.5. The zero-order valence-electron chi connectivity index (χ0n) is 20.2. The molecule has 1 fully saturated rings. The molecule has 2 aromatic carbocycles. The van der Waals surface area contributed by atoms with Gasteiger partial charge in [-0.3, -0.25) is 9.59 Å². The average Bonchev–Trinajstić information content (AvgIpc) is 3.35. The lowest BCUT2D eigenvalue weighted by molar-refractivity contribution is -0.149. The molecule has 1 aliphatic heterocycles. The number of ether oxygens (including phenoxy) is 2. The first-order chi connectivity index (χ1) is 16.7. The van der Waals surface area contributed by atoms with Gasteiger partial charge in [0.15, 0.2) is 0 Å². The van der Waals surface area contributed by atoms with Crippen LogP contribution in [0.4, 0.5) is 4.79 Å². The van der Waals surface area contributed by atoms with Gasteiger partial charge in [-0.25, -0.2) is 4.79 Å². The summed E-state index contributed by atoms with van der Waals surface area (Å²) >= 11 is 0. The number of rotatable bonds is 8. The third kappa shape index (κ3) is 5.03. The summed E-state index contributed by atoms with van der Waals surface area (Å²) in [5.74, 6) is -1.46. The monoisotopic (exact) mass is 480 g/mol. The van der Waals surface area contributed by atoms with E-state index in [2.05, 4.69) is 22.8 Å². The Labute approximate surface area is 205 Å². The average molecular weight is 481 g/mol. The molecular formula is C27H32N2O6. The summed E-state index contributed by atoms with van der Waals surface area (Å²) in [6, 6.07) is 14.6. The van der Waals surface area contributed by atoms with Crippen LogP contribution >= 0.6 is 0 Å². The van der Waals surface area contributed by atoms with Gasteiger partial charge in [0.2, 0.25) is 5.91 Å². The van der Waals surface area contributed by atoms with E-state index in [1.807, 2.05) is 50.2 Å². The Bertz CT molecular complexity index is 1070. The second kappa shape index (κ2) is 10.1. The van der Waals surface area contributed by atoms with Gasteiger partial charge in [-0.15, -0.1) is 0 Å². The van der Waals surface area contributed by atoms with Crippen LogP contribution < -0.4 is 10.6 Å². The Morgan fingerprint density at radius 1 is 1.09 bits per heavy atom. The highest BCUT2D eigenvalue weighted by Crippen LogP contribution is 2.44. The highest BCUT2D eigenvalue weighted by Gasteiger charge is 2.48. The number of hydrogen-bond acceptors (Lipinski definition) is 5. The SMILES string of the molecule is CC(C)C[C@H](NC(=O)OCC1c2ccccc2-c2ccccc21)C(=O)NC1COCC1(C)C(=O)O. The maximum atomic E-state index is 13.0. The topological polar surface area (TPSA) is 114 Å². The summed E-state index contributed by atoms with van der Waals surface area (Å²) in [6.45, 7) is 5.70. The van der Waals surface area contributed by atoms with Gasteiger partial charge < -0.3 is 25.2 Å². The van der Waals surface area contributed by atoms with Gasteiger partial charge in [-0.2, -0.15) is 0 Å². The van der Waals surface area contributed by atoms with Crippen molar-refractivity contribution in [3.05, 3.63) is 59.7 Å². The van der Waals surface area contributed by atoms with Crippen LogP contribution in [0, 0.1) is 11.3 Å². The molecule has 0 spiro atoms. The molecule has 186 valence electrons. The zero-order chi connectivity index (χ0) is 25.2. The van der Waals surface area contributed by atoms with E-state index >= 15 is 0 Å². The van der Waals surface area contributed by atoms with Crippen molar-refractivity contribution in [2.45, 2.75) is 45.2 Å². The van der Waals surface area contributed by atoms with E-state index in [0.29, 0.717) is 6.42 Å². The molecule has 8 nitrogen and oxygen atoms in total. The highest BCUT2D eigenvalue weighted by molar-refractivity contribution is 5.87. The standard InChI is InChI=1S/C27H32N2O6/c1-16(2)12-22(24(30)29-23-14-34-15-27(23,3)25(31)32)28-26(33)35-13-21-19-10-6-4-8-17(19)18-9-5-7-11-20(18)21/h4-11,16,21-23H,12-15H2,1-3H3,(H,28,33)(H,29,30)(H,31,32)/t22-,23?,27?/m0/s1. The first-order valence-electron chi connectivity index (χ1n) is 11.9. The van der Waals surface area contributed by atoms with E-state index in [4.69, 9.17) is 9.47 Å². The first kappa shape index (κ1) is 24.7. The van der Waals surface area contributed by atoms with Gasteiger partial charge in [-0.05, 0) is 41.5 Å². The van der Waals surface area contributed by atoms with Gasteiger partial charge in [0.25, 0.3) is 0 Å². The molecule has 1 saturated heterocycles. The maximum absolute atomic E-state index is 13.0. The molecule has 2 aromatic rings. The highest BCUT2D eigenvalue weighted by atomic mass is 16.5. The predicted octanol–water partition coefficient (Wildman–Crippen LogP) is 3.55. The molecule has 0 aromatic heterocycles. The number of hydrogen-bond donors (Lipinski definition) is 3. The van der Waals surface area contributed by atoms with Gasteiger partial charge in [0.05, 0.1) is 19.3 Å². The lowest BCUT2D eigenvalue weighted by Gasteiger charge is -2.28. The van der Waals surface area contributed by atoms with E-state index in [1.165, 1.54) is 0 Å².